The van der Waals surface area contributed by atoms with Gasteiger partial charge in [-0.05, 0) is 32.7 Å². The van der Waals surface area contributed by atoms with Crippen LogP contribution in [0.1, 0.15) is 29.8 Å². The normalized spacial score (nSPS) is 21.3. The van der Waals surface area contributed by atoms with Crippen LogP contribution in [-0.4, -0.2) is 71.3 Å². The van der Waals surface area contributed by atoms with Crippen molar-refractivity contribution in [3.05, 3.63) is 16.1 Å². The van der Waals surface area contributed by atoms with E-state index in [4.69, 9.17) is 0 Å². The van der Waals surface area contributed by atoms with Crippen LogP contribution in [0.15, 0.2) is 5.51 Å². The van der Waals surface area contributed by atoms with Crippen LogP contribution in [0, 0.1) is 12.8 Å². The first kappa shape index (κ1) is 17.4. The zero-order valence-corrected chi connectivity index (χ0v) is 15.3. The molecule has 24 heavy (non-hydrogen) atoms. The minimum Gasteiger partial charge on any atom is -0.341 e. The van der Waals surface area contributed by atoms with Gasteiger partial charge < -0.3 is 14.7 Å². The SMILES string of the molecule is Cc1ncsc1CN(C)CC1CCN(C(=O)CN2CCCC2=O)C1. The molecule has 2 aliphatic heterocycles. The van der Waals surface area contributed by atoms with Gasteiger partial charge in [-0.3, -0.25) is 9.59 Å². The van der Waals surface area contributed by atoms with Crippen LogP contribution in [0.3, 0.4) is 0 Å². The molecule has 1 aromatic heterocycles. The number of amides is 2. The molecule has 1 unspecified atom stereocenters. The van der Waals surface area contributed by atoms with Crippen molar-refractivity contribution in [1.82, 2.24) is 19.7 Å². The van der Waals surface area contributed by atoms with Crippen molar-refractivity contribution < 1.29 is 9.59 Å². The number of thiazole rings is 1. The van der Waals surface area contributed by atoms with Gasteiger partial charge in [0.2, 0.25) is 11.8 Å². The van der Waals surface area contributed by atoms with Crippen molar-refractivity contribution in [3.8, 4) is 0 Å². The molecular weight excluding hydrogens is 324 g/mol. The van der Waals surface area contributed by atoms with E-state index in [0.717, 1.165) is 51.3 Å². The molecule has 0 aromatic carbocycles. The van der Waals surface area contributed by atoms with Gasteiger partial charge >= 0.3 is 0 Å². The fourth-order valence-electron chi connectivity index (χ4n) is 3.57. The summed E-state index contributed by atoms with van der Waals surface area (Å²) >= 11 is 1.70. The molecule has 0 saturated carbocycles. The summed E-state index contributed by atoms with van der Waals surface area (Å²) < 4.78 is 0. The van der Waals surface area contributed by atoms with E-state index in [2.05, 4.69) is 23.9 Å². The molecule has 0 N–H and O–H groups in total. The third-order valence-electron chi connectivity index (χ3n) is 4.96. The van der Waals surface area contributed by atoms with E-state index in [1.807, 2.05) is 10.4 Å². The van der Waals surface area contributed by atoms with E-state index < -0.39 is 0 Å². The highest BCUT2D eigenvalue weighted by Gasteiger charge is 2.30. The van der Waals surface area contributed by atoms with E-state index >= 15 is 0 Å². The van der Waals surface area contributed by atoms with Gasteiger partial charge in [0.15, 0.2) is 0 Å². The number of hydrogen-bond acceptors (Lipinski definition) is 5. The molecular formula is C17H26N4O2S. The lowest BCUT2D eigenvalue weighted by atomic mass is 10.1. The molecule has 6 nitrogen and oxygen atoms in total. The van der Waals surface area contributed by atoms with Gasteiger partial charge in [-0.15, -0.1) is 11.3 Å². The van der Waals surface area contributed by atoms with Gasteiger partial charge in [-0.2, -0.15) is 0 Å². The number of carbonyl (C=O) groups is 2. The quantitative estimate of drug-likeness (QED) is 0.777. The third kappa shape index (κ3) is 4.13. The van der Waals surface area contributed by atoms with Crippen molar-refractivity contribution in [2.45, 2.75) is 32.7 Å². The number of aromatic nitrogens is 1. The lowest BCUT2D eigenvalue weighted by Gasteiger charge is -2.23. The van der Waals surface area contributed by atoms with E-state index in [1.165, 1.54) is 4.88 Å². The Morgan fingerprint density at radius 1 is 1.46 bits per heavy atom. The second-order valence-corrected chi connectivity index (χ2v) is 7.91. The molecule has 2 saturated heterocycles. The van der Waals surface area contributed by atoms with E-state index in [9.17, 15) is 9.59 Å². The first-order chi connectivity index (χ1) is 11.5. The Labute approximate surface area is 147 Å². The summed E-state index contributed by atoms with van der Waals surface area (Å²) in [5.41, 5.74) is 3.01. The van der Waals surface area contributed by atoms with Crippen molar-refractivity contribution in [1.29, 1.82) is 0 Å². The van der Waals surface area contributed by atoms with Gasteiger partial charge in [0.25, 0.3) is 0 Å². The zero-order valence-electron chi connectivity index (χ0n) is 14.5. The Kier molecular flexibility index (Phi) is 5.50. The maximum atomic E-state index is 12.4. The maximum Gasteiger partial charge on any atom is 0.242 e. The van der Waals surface area contributed by atoms with Gasteiger partial charge in [-0.1, -0.05) is 0 Å². The first-order valence-electron chi connectivity index (χ1n) is 8.66. The third-order valence-corrected chi connectivity index (χ3v) is 5.88. The highest BCUT2D eigenvalue weighted by atomic mass is 32.1. The Morgan fingerprint density at radius 2 is 2.29 bits per heavy atom. The molecule has 0 bridgehead atoms. The van der Waals surface area contributed by atoms with E-state index in [0.29, 0.717) is 12.3 Å². The molecule has 132 valence electrons. The van der Waals surface area contributed by atoms with E-state index in [1.54, 1.807) is 16.2 Å². The highest BCUT2D eigenvalue weighted by Crippen LogP contribution is 2.20. The Balaban J connectivity index is 1.44. The van der Waals surface area contributed by atoms with Crippen LogP contribution >= 0.6 is 11.3 Å². The second-order valence-electron chi connectivity index (χ2n) is 6.97. The average molecular weight is 350 g/mol. The highest BCUT2D eigenvalue weighted by molar-refractivity contribution is 7.09. The molecule has 2 aliphatic rings. The van der Waals surface area contributed by atoms with Crippen LogP contribution in [0.4, 0.5) is 0 Å². The minimum absolute atomic E-state index is 0.105. The summed E-state index contributed by atoms with van der Waals surface area (Å²) in [5, 5.41) is 0. The molecule has 3 rings (SSSR count). The first-order valence-corrected chi connectivity index (χ1v) is 9.54. The number of nitrogens with zero attached hydrogens (tertiary/aromatic N) is 4. The monoisotopic (exact) mass is 350 g/mol. The predicted molar refractivity (Wildman–Crippen MR) is 93.7 cm³/mol. The van der Waals surface area contributed by atoms with Gasteiger partial charge in [0.1, 0.15) is 0 Å². The van der Waals surface area contributed by atoms with Gasteiger partial charge in [-0.25, -0.2) is 4.98 Å². The molecule has 1 atom stereocenters. The van der Waals surface area contributed by atoms with Crippen LogP contribution in [0.2, 0.25) is 0 Å². The molecule has 3 heterocycles. The molecule has 2 fully saturated rings. The summed E-state index contributed by atoms with van der Waals surface area (Å²) in [7, 11) is 2.13. The van der Waals surface area contributed by atoms with Crippen LogP contribution < -0.4 is 0 Å². The maximum absolute atomic E-state index is 12.4. The smallest absolute Gasteiger partial charge is 0.242 e. The molecule has 0 spiro atoms. The summed E-state index contributed by atoms with van der Waals surface area (Å²) in [4.78, 5) is 35.6. The summed E-state index contributed by atoms with van der Waals surface area (Å²) in [6.45, 7) is 6.59. The summed E-state index contributed by atoms with van der Waals surface area (Å²) in [6.07, 6.45) is 2.53. The number of aryl methyl sites for hydroxylation is 1. The van der Waals surface area contributed by atoms with Crippen molar-refractivity contribution >= 4 is 23.2 Å². The van der Waals surface area contributed by atoms with Gasteiger partial charge in [0.05, 0.1) is 17.7 Å². The molecule has 0 aliphatic carbocycles. The largest absolute Gasteiger partial charge is 0.341 e. The second kappa shape index (κ2) is 7.61. The lowest BCUT2D eigenvalue weighted by Crippen LogP contribution is -2.40. The zero-order chi connectivity index (χ0) is 17.1. The van der Waals surface area contributed by atoms with Gasteiger partial charge in [0, 0.05) is 44.0 Å². The summed E-state index contributed by atoms with van der Waals surface area (Å²) in [5.74, 6) is 0.744. The standard InChI is InChI=1S/C17H26N4O2S/c1-13-15(24-12-18-13)10-19(2)8-14-5-7-21(9-14)17(23)11-20-6-3-4-16(20)22/h12,14H,3-11H2,1-2H3. The average Bonchev–Trinajstić information content (AvgIpc) is 3.24. The Hall–Kier alpha value is -1.47. The van der Waals surface area contributed by atoms with Crippen molar-refractivity contribution in [2.75, 3.05) is 39.8 Å². The number of carbonyl (C=O) groups excluding carboxylic acids is 2. The van der Waals surface area contributed by atoms with Crippen LogP contribution in [-0.2, 0) is 16.1 Å². The lowest BCUT2D eigenvalue weighted by molar-refractivity contribution is -0.137. The molecule has 0 radical (unpaired) electrons. The van der Waals surface area contributed by atoms with Crippen molar-refractivity contribution in [3.63, 3.8) is 0 Å². The Morgan fingerprint density at radius 3 is 2.96 bits per heavy atom. The van der Waals surface area contributed by atoms with Crippen LogP contribution in [0.25, 0.3) is 0 Å². The number of rotatable bonds is 6. The summed E-state index contributed by atoms with van der Waals surface area (Å²) in [6, 6.07) is 0. The fraction of sp³-hybridized carbons (Fsp3) is 0.706. The molecule has 7 heteroatoms. The predicted octanol–water partition coefficient (Wildman–Crippen LogP) is 1.35. The van der Waals surface area contributed by atoms with Crippen LogP contribution in [0.5, 0.6) is 0 Å². The van der Waals surface area contributed by atoms with E-state index in [-0.39, 0.29) is 18.4 Å². The Bertz CT molecular complexity index is 603. The van der Waals surface area contributed by atoms with Crippen molar-refractivity contribution in [2.24, 2.45) is 5.92 Å². The molecule has 2 amide bonds. The number of likely N-dealkylation sites (tertiary alicyclic amines) is 2. The minimum atomic E-state index is 0.105. The number of hydrogen-bond donors (Lipinski definition) is 0. The fourth-order valence-corrected chi connectivity index (χ4v) is 4.43. The topological polar surface area (TPSA) is 56.8 Å². The molecule has 1 aromatic rings.